The Morgan fingerprint density at radius 1 is 0.345 bits per heavy atom. The maximum Gasteiger partial charge on any atom is 0.306 e. The Morgan fingerprint density at radius 2 is 0.632 bits per heavy atom. The number of carbonyl (C=O) groups is 3. The molecule has 0 heterocycles. The number of quaternary nitrogens is 1. The van der Waals surface area contributed by atoms with Crippen molar-refractivity contribution in [1.82, 2.24) is 0 Å². The van der Waals surface area contributed by atoms with E-state index in [1.54, 1.807) is 0 Å². The summed E-state index contributed by atoms with van der Waals surface area (Å²) in [6.07, 6.45) is 94.2. The van der Waals surface area contributed by atoms with Gasteiger partial charge in [-0.1, -0.05) is 302 Å². The monoisotopic (exact) mass is 1210 g/mol. The maximum atomic E-state index is 12.9. The topological polar surface area (TPSA) is 111 Å². The number of unbranched alkanes of at least 4 members (excludes halogenated alkanes) is 27. The van der Waals surface area contributed by atoms with E-state index in [-0.39, 0.29) is 38.6 Å². The second kappa shape index (κ2) is 67.4. The first kappa shape index (κ1) is 82.4. The SMILES string of the molecule is CC/C=C\C/C=C\C/C=C\C/C=C\C/C=C\C/C=C\C/C=C\CCCC(=O)OC(COC(=O)CCCCCCCCCCCCCCCCCCCCCCCCCCCC/C=C\C/C=C\C/C=C\C/C=C\CC)COC(OCC[N+](C)(C)C)C(=O)[O-]. The number of carboxylic acids is 1. The molecule has 496 valence electrons. The van der Waals surface area contributed by atoms with Crippen molar-refractivity contribution in [3.05, 3.63) is 134 Å². The zero-order valence-electron chi connectivity index (χ0n) is 56.6. The average Bonchev–Trinajstić information content (AvgIpc) is 3.50. The number of likely N-dealkylation sites (N-methyl/N-ethyl adjacent to an activating group) is 1. The summed E-state index contributed by atoms with van der Waals surface area (Å²) in [5.74, 6) is -2.36. The molecule has 0 fully saturated rings. The molecule has 9 heteroatoms. The number of hydrogen-bond acceptors (Lipinski definition) is 8. The third-order valence-electron chi connectivity index (χ3n) is 14.9. The lowest BCUT2D eigenvalue weighted by atomic mass is 10.0. The predicted octanol–water partition coefficient (Wildman–Crippen LogP) is 20.8. The van der Waals surface area contributed by atoms with Crippen molar-refractivity contribution >= 4 is 17.9 Å². The molecule has 0 saturated heterocycles. The molecule has 2 atom stereocenters. The molecule has 0 spiro atoms. The zero-order valence-corrected chi connectivity index (χ0v) is 56.6. The van der Waals surface area contributed by atoms with Crippen molar-refractivity contribution < 1.29 is 42.9 Å². The van der Waals surface area contributed by atoms with Gasteiger partial charge in [-0.25, -0.2) is 0 Å². The van der Waals surface area contributed by atoms with E-state index in [9.17, 15) is 19.5 Å². The van der Waals surface area contributed by atoms with E-state index in [0.29, 0.717) is 23.9 Å². The van der Waals surface area contributed by atoms with E-state index < -0.39 is 24.3 Å². The first-order chi connectivity index (χ1) is 42.6. The van der Waals surface area contributed by atoms with Crippen LogP contribution in [-0.4, -0.2) is 82.3 Å². The molecule has 0 rings (SSSR count). The lowest BCUT2D eigenvalue weighted by Crippen LogP contribution is -2.44. The maximum absolute atomic E-state index is 12.9. The fourth-order valence-electron chi connectivity index (χ4n) is 9.58. The van der Waals surface area contributed by atoms with Crippen LogP contribution in [0, 0.1) is 0 Å². The largest absolute Gasteiger partial charge is 0.545 e. The number of hydrogen-bond donors (Lipinski definition) is 0. The minimum atomic E-state index is -1.64. The number of esters is 2. The van der Waals surface area contributed by atoms with Crippen molar-refractivity contribution in [3.8, 4) is 0 Å². The van der Waals surface area contributed by atoms with Crippen LogP contribution in [0.25, 0.3) is 0 Å². The standard InChI is InChI=1S/C78H131NO8/c1-6-8-10-12-14-16-18-20-22-24-26-28-30-31-32-33-34-35-36-37-38-39-40-41-42-43-44-45-47-48-50-52-54-56-58-60-62-64-66-68-75(80)85-72-74(73-86-78(77(82)83)84-71-70-79(3,4)5)87-76(81)69-67-65-63-61-59-57-55-53-51-49-46-29-27-25-23-21-19-17-15-13-11-9-7-2/h8-11,14-17,20-23,26-29,49,51,55,57,61,63,74,78H,6-7,12-13,18-19,24-25,30-48,50,52-54,56,58-60,62,64-73H2,1-5H3/b10-8-,11-9-,16-14-,17-15-,22-20-,23-21-,28-26-,29-27-,51-49-,57-55-,63-61-. The van der Waals surface area contributed by atoms with Gasteiger partial charge < -0.3 is 33.3 Å². The summed E-state index contributed by atoms with van der Waals surface area (Å²) in [6, 6.07) is 0. The highest BCUT2D eigenvalue weighted by atomic mass is 16.7. The van der Waals surface area contributed by atoms with Gasteiger partial charge in [-0.05, 0) is 103 Å². The van der Waals surface area contributed by atoms with Crippen LogP contribution in [0.1, 0.15) is 284 Å². The molecule has 2 unspecified atom stereocenters. The van der Waals surface area contributed by atoms with Crippen molar-refractivity contribution in [1.29, 1.82) is 0 Å². The average molecular weight is 1210 g/mol. The normalized spacial score (nSPS) is 13.5. The van der Waals surface area contributed by atoms with Gasteiger partial charge in [0.25, 0.3) is 0 Å². The molecule has 0 bridgehead atoms. The Hall–Kier alpha value is -4.57. The third-order valence-corrected chi connectivity index (χ3v) is 14.9. The molecule has 0 aliphatic carbocycles. The fraction of sp³-hybridized carbons (Fsp3) is 0.679. The minimum absolute atomic E-state index is 0.132. The molecular formula is C78H131NO8. The number of nitrogens with zero attached hydrogens (tertiary/aromatic N) is 1. The van der Waals surface area contributed by atoms with E-state index >= 15 is 0 Å². The van der Waals surface area contributed by atoms with Crippen molar-refractivity contribution in [2.24, 2.45) is 0 Å². The molecular weight excluding hydrogens is 1080 g/mol. The molecule has 0 N–H and O–H groups in total. The number of carboxylic acid groups (broad SMARTS) is 1. The summed E-state index contributed by atoms with van der Waals surface area (Å²) in [5.41, 5.74) is 0. The number of allylic oxidation sites excluding steroid dienone is 22. The summed E-state index contributed by atoms with van der Waals surface area (Å²) in [5, 5.41) is 11.8. The quantitative estimate of drug-likeness (QED) is 0.0195. The number of aliphatic carboxylic acids is 1. The number of carbonyl (C=O) groups excluding carboxylic acids is 3. The van der Waals surface area contributed by atoms with Gasteiger partial charge >= 0.3 is 11.9 Å². The Bertz CT molecular complexity index is 1890. The minimum Gasteiger partial charge on any atom is -0.545 e. The van der Waals surface area contributed by atoms with Gasteiger partial charge in [0.05, 0.1) is 40.3 Å². The number of ether oxygens (including phenoxy) is 4. The van der Waals surface area contributed by atoms with Gasteiger partial charge in [0.15, 0.2) is 12.4 Å². The Balaban J connectivity index is 4.08. The van der Waals surface area contributed by atoms with Crippen molar-refractivity contribution in [3.63, 3.8) is 0 Å². The molecule has 0 saturated carbocycles. The molecule has 0 aromatic carbocycles. The third kappa shape index (κ3) is 68.8. The summed E-state index contributed by atoms with van der Waals surface area (Å²) in [4.78, 5) is 37.4. The van der Waals surface area contributed by atoms with Crippen LogP contribution >= 0.6 is 0 Å². The smallest absolute Gasteiger partial charge is 0.306 e. The van der Waals surface area contributed by atoms with E-state index in [0.717, 1.165) is 89.9 Å². The van der Waals surface area contributed by atoms with E-state index in [1.807, 2.05) is 21.1 Å². The van der Waals surface area contributed by atoms with E-state index in [1.165, 1.54) is 154 Å². The Kier molecular flexibility index (Phi) is 63.8. The molecule has 0 radical (unpaired) electrons. The first-order valence-corrected chi connectivity index (χ1v) is 35.3. The van der Waals surface area contributed by atoms with Crippen LogP contribution in [0.2, 0.25) is 0 Å². The van der Waals surface area contributed by atoms with Crippen LogP contribution in [-0.2, 0) is 33.3 Å². The van der Waals surface area contributed by atoms with Crippen LogP contribution in [0.15, 0.2) is 134 Å². The fourth-order valence-corrected chi connectivity index (χ4v) is 9.58. The van der Waals surface area contributed by atoms with Gasteiger partial charge in [-0.3, -0.25) is 9.59 Å². The second-order valence-corrected chi connectivity index (χ2v) is 24.4. The van der Waals surface area contributed by atoms with Crippen LogP contribution in [0.3, 0.4) is 0 Å². The molecule has 87 heavy (non-hydrogen) atoms. The van der Waals surface area contributed by atoms with Crippen LogP contribution < -0.4 is 5.11 Å². The highest BCUT2D eigenvalue weighted by Gasteiger charge is 2.22. The lowest BCUT2D eigenvalue weighted by molar-refractivity contribution is -0.870. The molecule has 0 aliphatic heterocycles. The zero-order chi connectivity index (χ0) is 63.3. The Morgan fingerprint density at radius 3 is 0.954 bits per heavy atom. The van der Waals surface area contributed by atoms with Gasteiger partial charge in [-0.2, -0.15) is 0 Å². The van der Waals surface area contributed by atoms with Crippen molar-refractivity contribution in [2.45, 2.75) is 296 Å². The predicted molar refractivity (Wildman–Crippen MR) is 370 cm³/mol. The van der Waals surface area contributed by atoms with Gasteiger partial charge in [-0.15, -0.1) is 0 Å². The molecule has 0 aromatic heterocycles. The van der Waals surface area contributed by atoms with Crippen molar-refractivity contribution in [2.75, 3.05) is 47.5 Å². The summed E-state index contributed by atoms with van der Waals surface area (Å²) >= 11 is 0. The Labute approximate surface area is 535 Å². The second-order valence-electron chi connectivity index (χ2n) is 24.4. The van der Waals surface area contributed by atoms with E-state index in [2.05, 4.69) is 148 Å². The van der Waals surface area contributed by atoms with Crippen LogP contribution in [0.5, 0.6) is 0 Å². The molecule has 0 aromatic rings. The molecule has 0 amide bonds. The van der Waals surface area contributed by atoms with Gasteiger partial charge in [0, 0.05) is 12.8 Å². The van der Waals surface area contributed by atoms with Gasteiger partial charge in [0.1, 0.15) is 13.2 Å². The summed E-state index contributed by atoms with van der Waals surface area (Å²) < 4.78 is 22.7. The lowest BCUT2D eigenvalue weighted by Gasteiger charge is -2.26. The first-order valence-electron chi connectivity index (χ1n) is 35.3. The summed E-state index contributed by atoms with van der Waals surface area (Å²) in [6.45, 7) is 4.46. The molecule has 9 nitrogen and oxygen atoms in total. The highest BCUT2D eigenvalue weighted by Crippen LogP contribution is 2.17. The molecule has 0 aliphatic rings. The number of rotatable bonds is 64. The highest BCUT2D eigenvalue weighted by molar-refractivity contribution is 5.70. The van der Waals surface area contributed by atoms with Crippen LogP contribution in [0.4, 0.5) is 0 Å². The van der Waals surface area contributed by atoms with Gasteiger partial charge in [0.2, 0.25) is 0 Å². The van der Waals surface area contributed by atoms with E-state index in [4.69, 9.17) is 18.9 Å². The summed E-state index contributed by atoms with van der Waals surface area (Å²) in [7, 11) is 5.91.